The zero-order chi connectivity index (χ0) is 19.1. The fourth-order valence-electron chi connectivity index (χ4n) is 2.63. The van der Waals surface area contributed by atoms with Gasteiger partial charge in [-0.15, -0.1) is 0 Å². The van der Waals surface area contributed by atoms with Crippen molar-refractivity contribution < 1.29 is 9.94 Å². The number of aromatic amines is 1. The molecule has 0 bridgehead atoms. The summed E-state index contributed by atoms with van der Waals surface area (Å²) in [6, 6.07) is 18.6. The molecule has 0 radical (unpaired) electrons. The summed E-state index contributed by atoms with van der Waals surface area (Å²) in [5, 5.41) is 21.3. The summed E-state index contributed by atoms with van der Waals surface area (Å²) >= 11 is 0. The van der Waals surface area contributed by atoms with Gasteiger partial charge in [-0.1, -0.05) is 78.5 Å². The number of hydrogen-bond donors (Lipinski definition) is 2. The molecule has 6 heteroatoms. The molecular formula is C21H19N3O3. The van der Waals surface area contributed by atoms with Crippen molar-refractivity contribution in [1.82, 2.24) is 10.2 Å². The highest BCUT2D eigenvalue weighted by atomic mass is 16.6. The number of H-pyrrole nitrogens is 1. The van der Waals surface area contributed by atoms with Gasteiger partial charge in [0, 0.05) is 12.0 Å². The van der Waals surface area contributed by atoms with E-state index >= 15 is 0 Å². The van der Waals surface area contributed by atoms with E-state index in [0.29, 0.717) is 17.7 Å². The monoisotopic (exact) mass is 361 g/mol. The first-order valence-electron chi connectivity index (χ1n) is 8.41. The first-order valence-corrected chi connectivity index (χ1v) is 8.41. The minimum Gasteiger partial charge on any atom is -0.505 e. The number of oxime groups is 1. The Kier molecular flexibility index (Phi) is 5.79. The van der Waals surface area contributed by atoms with Crippen LogP contribution in [0.1, 0.15) is 11.1 Å². The highest BCUT2D eigenvalue weighted by Gasteiger charge is 2.20. The van der Waals surface area contributed by atoms with Crippen LogP contribution >= 0.6 is 0 Å². The Balaban J connectivity index is 2.09. The van der Waals surface area contributed by atoms with Crippen LogP contribution < -0.4 is 5.56 Å². The minimum absolute atomic E-state index is 0.0387. The molecule has 0 aliphatic heterocycles. The average Bonchev–Trinajstić information content (AvgIpc) is 2.69. The Hall–Kier alpha value is -3.67. The Morgan fingerprint density at radius 2 is 1.81 bits per heavy atom. The van der Waals surface area contributed by atoms with Gasteiger partial charge in [0.2, 0.25) is 0 Å². The molecule has 27 heavy (non-hydrogen) atoms. The molecule has 0 saturated heterocycles. The van der Waals surface area contributed by atoms with E-state index in [1.807, 2.05) is 48.5 Å². The number of rotatable bonds is 7. The van der Waals surface area contributed by atoms with Crippen molar-refractivity contribution in [1.29, 1.82) is 0 Å². The van der Waals surface area contributed by atoms with Gasteiger partial charge in [-0.2, -0.15) is 5.10 Å². The van der Waals surface area contributed by atoms with Crippen LogP contribution in [-0.2, 0) is 11.3 Å². The lowest BCUT2D eigenvalue weighted by molar-refractivity contribution is 0.174. The summed E-state index contributed by atoms with van der Waals surface area (Å²) in [4.78, 5) is 17.7. The Morgan fingerprint density at radius 3 is 2.48 bits per heavy atom. The van der Waals surface area contributed by atoms with Gasteiger partial charge in [-0.3, -0.25) is 4.79 Å². The van der Waals surface area contributed by atoms with E-state index in [0.717, 1.165) is 5.56 Å². The van der Waals surface area contributed by atoms with E-state index in [4.69, 9.17) is 4.84 Å². The van der Waals surface area contributed by atoms with E-state index < -0.39 is 5.56 Å². The van der Waals surface area contributed by atoms with Crippen LogP contribution in [0.15, 0.2) is 83.3 Å². The summed E-state index contributed by atoms with van der Waals surface area (Å²) in [6.45, 7) is 3.77. The van der Waals surface area contributed by atoms with Gasteiger partial charge in [0.05, 0.1) is 0 Å². The molecule has 1 aromatic heterocycles. The largest absolute Gasteiger partial charge is 0.505 e. The number of hydrogen-bond acceptors (Lipinski definition) is 5. The van der Waals surface area contributed by atoms with Gasteiger partial charge in [0.25, 0.3) is 5.56 Å². The highest BCUT2D eigenvalue weighted by molar-refractivity contribution is 6.04. The molecular weight excluding hydrogens is 342 g/mol. The van der Waals surface area contributed by atoms with Crippen molar-refractivity contribution in [2.24, 2.45) is 5.16 Å². The second kappa shape index (κ2) is 8.62. The van der Waals surface area contributed by atoms with Gasteiger partial charge in [-0.05, 0) is 5.56 Å². The van der Waals surface area contributed by atoms with Crippen LogP contribution in [0.5, 0.6) is 5.75 Å². The molecule has 0 aliphatic carbocycles. The molecule has 2 aromatic carbocycles. The lowest BCUT2D eigenvalue weighted by Crippen LogP contribution is -2.22. The minimum atomic E-state index is -0.538. The standard InChI is InChI=1S/C21H19N3O3/c1-2-13-27-24-17(14-15-9-5-3-6-10-15)18-20(25)19(22-23-21(18)26)16-11-7-4-8-12-16/h2-12H,1,13-14H2,(H2,23,25,26)/b24-17-. The van der Waals surface area contributed by atoms with Gasteiger partial charge < -0.3 is 9.94 Å². The predicted octanol–water partition coefficient (Wildman–Crippen LogP) is 3.29. The Morgan fingerprint density at radius 1 is 1.15 bits per heavy atom. The first-order chi connectivity index (χ1) is 13.2. The third-order valence-electron chi connectivity index (χ3n) is 3.87. The smallest absolute Gasteiger partial charge is 0.277 e. The van der Waals surface area contributed by atoms with E-state index in [9.17, 15) is 9.90 Å². The van der Waals surface area contributed by atoms with Crippen LogP contribution in [0.4, 0.5) is 0 Å². The summed E-state index contributed by atoms with van der Waals surface area (Å²) in [7, 11) is 0. The molecule has 0 fully saturated rings. The molecule has 0 atom stereocenters. The lowest BCUT2D eigenvalue weighted by atomic mass is 10.0. The third-order valence-corrected chi connectivity index (χ3v) is 3.87. The van der Waals surface area contributed by atoms with Crippen LogP contribution in [0.25, 0.3) is 11.3 Å². The molecule has 3 rings (SSSR count). The Labute approximate surface area is 156 Å². The number of aromatic hydroxyl groups is 1. The first kappa shape index (κ1) is 18.1. The zero-order valence-electron chi connectivity index (χ0n) is 14.6. The van der Waals surface area contributed by atoms with Crippen LogP contribution in [-0.4, -0.2) is 27.6 Å². The molecule has 1 heterocycles. The van der Waals surface area contributed by atoms with Crippen molar-refractivity contribution >= 4 is 5.71 Å². The van der Waals surface area contributed by atoms with Gasteiger partial charge in [0.1, 0.15) is 23.6 Å². The fraction of sp³-hybridized carbons (Fsp3) is 0.0952. The van der Waals surface area contributed by atoms with E-state index in [1.165, 1.54) is 0 Å². The van der Waals surface area contributed by atoms with E-state index in [2.05, 4.69) is 21.9 Å². The molecule has 0 amide bonds. The SMILES string of the molecule is C=CCO/N=C(/Cc1ccccc1)c1c(O)c(-c2ccccc2)n[nH]c1=O. The quantitative estimate of drug-likeness (QED) is 0.293. The van der Waals surface area contributed by atoms with Crippen molar-refractivity contribution in [3.63, 3.8) is 0 Å². The molecule has 0 spiro atoms. The topological polar surface area (TPSA) is 87.6 Å². The van der Waals surface area contributed by atoms with Crippen LogP contribution in [0.3, 0.4) is 0 Å². The Bertz CT molecular complexity index is 996. The molecule has 136 valence electrons. The van der Waals surface area contributed by atoms with Gasteiger partial charge in [0.15, 0.2) is 5.75 Å². The van der Waals surface area contributed by atoms with Crippen LogP contribution in [0, 0.1) is 0 Å². The third kappa shape index (κ3) is 4.30. The zero-order valence-corrected chi connectivity index (χ0v) is 14.6. The number of nitrogens with zero attached hydrogens (tertiary/aromatic N) is 2. The highest BCUT2D eigenvalue weighted by Crippen LogP contribution is 2.28. The molecule has 3 aromatic rings. The summed E-state index contributed by atoms with van der Waals surface area (Å²) in [5.74, 6) is -0.234. The van der Waals surface area contributed by atoms with Gasteiger partial charge >= 0.3 is 0 Å². The summed E-state index contributed by atoms with van der Waals surface area (Å²) in [6.07, 6.45) is 1.86. The molecule has 2 N–H and O–H groups in total. The number of benzene rings is 2. The van der Waals surface area contributed by atoms with Crippen molar-refractivity contribution in [3.05, 3.63) is 94.8 Å². The summed E-state index contributed by atoms with van der Waals surface area (Å²) < 4.78 is 0. The maximum absolute atomic E-state index is 12.5. The molecule has 6 nitrogen and oxygen atoms in total. The van der Waals surface area contributed by atoms with Crippen LogP contribution in [0.2, 0.25) is 0 Å². The second-order valence-electron chi connectivity index (χ2n) is 5.78. The number of aromatic nitrogens is 2. The maximum Gasteiger partial charge on any atom is 0.277 e. The summed E-state index contributed by atoms with van der Waals surface area (Å²) in [5.41, 5.74) is 1.69. The number of nitrogens with one attached hydrogen (secondary N) is 1. The van der Waals surface area contributed by atoms with Crippen molar-refractivity contribution in [2.75, 3.05) is 6.61 Å². The van der Waals surface area contributed by atoms with E-state index in [-0.39, 0.29) is 23.6 Å². The van der Waals surface area contributed by atoms with Crippen molar-refractivity contribution in [2.45, 2.75) is 6.42 Å². The average molecular weight is 361 g/mol. The molecule has 0 unspecified atom stereocenters. The van der Waals surface area contributed by atoms with Crippen molar-refractivity contribution in [3.8, 4) is 17.0 Å². The normalized spacial score (nSPS) is 11.2. The van der Waals surface area contributed by atoms with E-state index in [1.54, 1.807) is 18.2 Å². The van der Waals surface area contributed by atoms with Gasteiger partial charge in [-0.25, -0.2) is 5.10 Å². The molecule has 0 aliphatic rings. The molecule has 0 saturated carbocycles. The fourth-order valence-corrected chi connectivity index (χ4v) is 2.63. The second-order valence-corrected chi connectivity index (χ2v) is 5.78. The predicted molar refractivity (Wildman–Crippen MR) is 105 cm³/mol. The maximum atomic E-state index is 12.5. The lowest BCUT2D eigenvalue weighted by Gasteiger charge is -2.11.